The molecule has 0 radical (unpaired) electrons. The number of carbonyl (C=O) groups excluding carboxylic acids is 1. The lowest BCUT2D eigenvalue weighted by Crippen LogP contribution is -2.36. The lowest BCUT2D eigenvalue weighted by molar-refractivity contribution is -0.122. The Morgan fingerprint density at radius 3 is 2.61 bits per heavy atom. The van der Waals surface area contributed by atoms with Crippen LogP contribution in [0.25, 0.3) is 10.9 Å². The van der Waals surface area contributed by atoms with E-state index in [9.17, 15) is 9.59 Å². The summed E-state index contributed by atoms with van der Waals surface area (Å²) < 4.78 is 6.65. The first-order chi connectivity index (χ1) is 13.6. The highest BCUT2D eigenvalue weighted by Gasteiger charge is 2.33. The fraction of sp³-hybridized carbons (Fsp3) is 0.318. The van der Waals surface area contributed by atoms with E-state index < -0.39 is 0 Å². The molecule has 6 nitrogen and oxygen atoms in total. The second kappa shape index (κ2) is 7.46. The molecule has 1 N–H and O–H groups in total. The fourth-order valence-corrected chi connectivity index (χ4v) is 3.54. The Morgan fingerprint density at radius 2 is 1.93 bits per heavy atom. The minimum Gasteiger partial charge on any atom is -0.497 e. The summed E-state index contributed by atoms with van der Waals surface area (Å²) in [5, 5.41) is 3.64. The third-order valence-corrected chi connectivity index (χ3v) is 5.24. The normalized spacial score (nSPS) is 14.6. The quantitative estimate of drug-likeness (QED) is 0.717. The summed E-state index contributed by atoms with van der Waals surface area (Å²) in [4.78, 5) is 30.0. The van der Waals surface area contributed by atoms with Gasteiger partial charge in [-0.05, 0) is 55.5 Å². The number of ether oxygens (including phenoxy) is 1. The number of nitrogens with zero attached hydrogens (tertiary/aromatic N) is 2. The van der Waals surface area contributed by atoms with E-state index in [2.05, 4.69) is 10.3 Å². The molecule has 3 aromatic rings. The van der Waals surface area contributed by atoms with Crippen molar-refractivity contribution in [3.05, 3.63) is 70.3 Å². The summed E-state index contributed by atoms with van der Waals surface area (Å²) in [5.74, 6) is 1.57. The number of benzene rings is 2. The molecule has 144 valence electrons. The Morgan fingerprint density at radius 1 is 1.21 bits per heavy atom. The van der Waals surface area contributed by atoms with Crippen LogP contribution in [0.1, 0.15) is 30.3 Å². The van der Waals surface area contributed by atoms with Gasteiger partial charge in [-0.25, -0.2) is 4.98 Å². The first kappa shape index (κ1) is 18.2. The molecule has 0 bridgehead atoms. The van der Waals surface area contributed by atoms with Crippen molar-refractivity contribution in [2.24, 2.45) is 5.92 Å². The Balaban J connectivity index is 1.56. The summed E-state index contributed by atoms with van der Waals surface area (Å²) in [6.07, 6.45) is 2.18. The molecule has 2 aromatic carbocycles. The average Bonchev–Trinajstić information content (AvgIpc) is 3.55. The summed E-state index contributed by atoms with van der Waals surface area (Å²) in [6, 6.07) is 14.9. The average molecular weight is 377 g/mol. The summed E-state index contributed by atoms with van der Waals surface area (Å²) in [5.41, 5.74) is 1.51. The number of hydrogen-bond donors (Lipinski definition) is 1. The Labute approximate surface area is 163 Å². The van der Waals surface area contributed by atoms with Gasteiger partial charge in [0.05, 0.1) is 24.1 Å². The summed E-state index contributed by atoms with van der Waals surface area (Å²) in [7, 11) is 1.63. The van der Waals surface area contributed by atoms with Crippen LogP contribution in [0, 0.1) is 12.8 Å². The molecule has 0 unspecified atom stereocenters. The van der Waals surface area contributed by atoms with Crippen molar-refractivity contribution in [2.45, 2.75) is 32.4 Å². The van der Waals surface area contributed by atoms with E-state index >= 15 is 0 Å². The molecular weight excluding hydrogens is 354 g/mol. The van der Waals surface area contributed by atoms with Crippen LogP contribution < -0.4 is 15.6 Å². The number of fused-ring (bicyclic) bond motifs is 1. The number of hydrogen-bond acceptors (Lipinski definition) is 4. The van der Waals surface area contributed by atoms with Crippen LogP contribution in [0.3, 0.4) is 0 Å². The Kier molecular flexibility index (Phi) is 4.86. The molecule has 1 aliphatic carbocycles. The van der Waals surface area contributed by atoms with E-state index in [4.69, 9.17) is 4.74 Å². The number of amides is 1. The van der Waals surface area contributed by atoms with Gasteiger partial charge in [0.2, 0.25) is 5.91 Å². The van der Waals surface area contributed by atoms with Crippen molar-refractivity contribution in [3.8, 4) is 5.75 Å². The van der Waals surface area contributed by atoms with Gasteiger partial charge in [0, 0.05) is 0 Å². The molecule has 1 heterocycles. The first-order valence-corrected chi connectivity index (χ1v) is 9.46. The molecule has 6 heteroatoms. The van der Waals surface area contributed by atoms with Crippen LogP contribution in [-0.2, 0) is 11.3 Å². The number of methoxy groups -OCH3 is 1. The van der Waals surface area contributed by atoms with Gasteiger partial charge in [0.25, 0.3) is 5.56 Å². The summed E-state index contributed by atoms with van der Waals surface area (Å²) >= 11 is 0. The third kappa shape index (κ3) is 3.63. The lowest BCUT2D eigenvalue weighted by Gasteiger charge is -2.20. The molecule has 1 aromatic heterocycles. The van der Waals surface area contributed by atoms with Crippen LogP contribution in [0.4, 0.5) is 0 Å². The van der Waals surface area contributed by atoms with Crippen molar-refractivity contribution in [1.29, 1.82) is 0 Å². The number of para-hydroxylation sites is 1. The molecule has 1 amide bonds. The van der Waals surface area contributed by atoms with Gasteiger partial charge in [-0.1, -0.05) is 24.3 Å². The number of aryl methyl sites for hydroxylation is 1. The van der Waals surface area contributed by atoms with E-state index in [1.807, 2.05) is 30.3 Å². The Hall–Kier alpha value is -3.15. The van der Waals surface area contributed by atoms with Gasteiger partial charge in [-0.2, -0.15) is 0 Å². The van der Waals surface area contributed by atoms with Crippen LogP contribution in [0.2, 0.25) is 0 Å². The van der Waals surface area contributed by atoms with Gasteiger partial charge in [0.1, 0.15) is 18.1 Å². The second-order valence-electron chi connectivity index (χ2n) is 7.22. The topological polar surface area (TPSA) is 73.2 Å². The molecule has 1 aliphatic rings. The third-order valence-electron chi connectivity index (χ3n) is 5.24. The van der Waals surface area contributed by atoms with Gasteiger partial charge < -0.3 is 10.1 Å². The zero-order valence-electron chi connectivity index (χ0n) is 16.0. The van der Waals surface area contributed by atoms with Crippen LogP contribution in [0.15, 0.2) is 53.3 Å². The van der Waals surface area contributed by atoms with Crippen molar-refractivity contribution >= 4 is 16.8 Å². The molecule has 1 saturated carbocycles. The van der Waals surface area contributed by atoms with Gasteiger partial charge in [-0.15, -0.1) is 0 Å². The van der Waals surface area contributed by atoms with E-state index in [0.29, 0.717) is 22.6 Å². The second-order valence-corrected chi connectivity index (χ2v) is 7.22. The standard InChI is InChI=1S/C22H23N3O3/c1-14-23-19-6-4-3-5-18(19)22(27)25(14)13-20(26)24-21(15-7-8-15)16-9-11-17(28-2)12-10-16/h3-6,9-12,15,21H,7-8,13H2,1-2H3,(H,24,26)/t21-/m0/s1. The lowest BCUT2D eigenvalue weighted by atomic mass is 10.0. The van der Waals surface area contributed by atoms with Gasteiger partial charge in [-0.3, -0.25) is 14.2 Å². The first-order valence-electron chi connectivity index (χ1n) is 9.46. The zero-order valence-corrected chi connectivity index (χ0v) is 16.0. The predicted octanol–water partition coefficient (Wildman–Crippen LogP) is 2.98. The highest BCUT2D eigenvalue weighted by atomic mass is 16.5. The number of nitrogens with one attached hydrogen (secondary N) is 1. The van der Waals surface area contributed by atoms with E-state index in [1.54, 1.807) is 32.2 Å². The molecule has 1 atom stereocenters. The molecular formula is C22H23N3O3. The highest BCUT2D eigenvalue weighted by molar-refractivity contribution is 5.79. The zero-order chi connectivity index (χ0) is 19.7. The maximum atomic E-state index is 12.8. The van der Waals surface area contributed by atoms with Crippen molar-refractivity contribution in [2.75, 3.05) is 7.11 Å². The molecule has 0 saturated heterocycles. The number of carbonyl (C=O) groups is 1. The minimum absolute atomic E-state index is 0.0398. The van der Waals surface area contributed by atoms with E-state index in [-0.39, 0.29) is 24.1 Å². The minimum atomic E-state index is -0.189. The van der Waals surface area contributed by atoms with Crippen LogP contribution in [0.5, 0.6) is 5.75 Å². The molecule has 4 rings (SSSR count). The summed E-state index contributed by atoms with van der Waals surface area (Å²) in [6.45, 7) is 1.71. The van der Waals surface area contributed by atoms with Crippen LogP contribution in [-0.4, -0.2) is 22.6 Å². The van der Waals surface area contributed by atoms with Gasteiger partial charge in [0.15, 0.2) is 0 Å². The molecule has 0 aliphatic heterocycles. The number of aromatic nitrogens is 2. The molecule has 1 fully saturated rings. The maximum absolute atomic E-state index is 12.8. The van der Waals surface area contributed by atoms with Crippen molar-refractivity contribution < 1.29 is 9.53 Å². The van der Waals surface area contributed by atoms with Crippen LogP contribution >= 0.6 is 0 Å². The van der Waals surface area contributed by atoms with Crippen molar-refractivity contribution in [1.82, 2.24) is 14.9 Å². The molecule has 28 heavy (non-hydrogen) atoms. The Bertz CT molecular complexity index is 1070. The molecule has 0 spiro atoms. The smallest absolute Gasteiger partial charge is 0.261 e. The number of rotatable bonds is 6. The monoisotopic (exact) mass is 377 g/mol. The van der Waals surface area contributed by atoms with E-state index in [0.717, 1.165) is 24.2 Å². The van der Waals surface area contributed by atoms with Gasteiger partial charge >= 0.3 is 0 Å². The van der Waals surface area contributed by atoms with E-state index in [1.165, 1.54) is 4.57 Å². The predicted molar refractivity (Wildman–Crippen MR) is 107 cm³/mol. The largest absolute Gasteiger partial charge is 0.497 e. The fourth-order valence-electron chi connectivity index (χ4n) is 3.54. The maximum Gasteiger partial charge on any atom is 0.261 e. The SMILES string of the molecule is COc1ccc([C@@H](NC(=O)Cn2c(C)nc3ccccc3c2=O)C2CC2)cc1. The van der Waals surface area contributed by atoms with Crippen molar-refractivity contribution in [3.63, 3.8) is 0 Å². The highest BCUT2D eigenvalue weighted by Crippen LogP contribution is 2.41.